The molecule has 0 N–H and O–H groups in total. The standard InChI is InChI=1S/C21H21NO2S2/c1-24-20(23)15-10-11-18-17(14-15)19(22-12-6-3-7-13-22)21(26-18)25-16-8-4-2-5-9-16/h2,4-5,8-11,14H,3,6-7,12-13H2,1H3. The summed E-state index contributed by atoms with van der Waals surface area (Å²) in [6, 6.07) is 16.4. The molecule has 4 rings (SSSR count). The molecule has 2 aromatic carbocycles. The average molecular weight is 384 g/mol. The molecule has 5 heteroatoms. The molecule has 0 unspecified atom stereocenters. The number of anilines is 1. The molecule has 0 saturated carbocycles. The SMILES string of the molecule is COC(=O)c1ccc2sc(Sc3ccccc3)c(N3CCCCC3)c2c1. The fourth-order valence-electron chi connectivity index (χ4n) is 3.39. The number of ether oxygens (including phenoxy) is 1. The van der Waals surface area contributed by atoms with Crippen LogP contribution in [0.5, 0.6) is 0 Å². The lowest BCUT2D eigenvalue weighted by atomic mass is 10.1. The molecule has 1 saturated heterocycles. The lowest BCUT2D eigenvalue weighted by molar-refractivity contribution is 0.0601. The van der Waals surface area contributed by atoms with Crippen LogP contribution in [0.3, 0.4) is 0 Å². The third-order valence-corrected chi connectivity index (χ3v) is 7.02. The summed E-state index contributed by atoms with van der Waals surface area (Å²) in [5, 5.41) is 1.17. The molecule has 3 aromatic rings. The quantitative estimate of drug-likeness (QED) is 0.530. The zero-order valence-electron chi connectivity index (χ0n) is 14.7. The number of benzene rings is 2. The normalized spacial score (nSPS) is 14.6. The van der Waals surface area contributed by atoms with Gasteiger partial charge in [0.2, 0.25) is 0 Å². The van der Waals surface area contributed by atoms with Gasteiger partial charge in [0.15, 0.2) is 0 Å². The number of carbonyl (C=O) groups is 1. The van der Waals surface area contributed by atoms with E-state index in [2.05, 4.69) is 35.2 Å². The van der Waals surface area contributed by atoms with Crippen molar-refractivity contribution in [2.75, 3.05) is 25.1 Å². The summed E-state index contributed by atoms with van der Waals surface area (Å²) in [4.78, 5) is 15.7. The first kappa shape index (κ1) is 17.4. The van der Waals surface area contributed by atoms with Crippen LogP contribution in [0, 0.1) is 0 Å². The van der Waals surface area contributed by atoms with Crippen molar-refractivity contribution in [1.29, 1.82) is 0 Å². The Morgan fingerprint density at radius 2 is 1.85 bits per heavy atom. The van der Waals surface area contributed by atoms with Gasteiger partial charge in [0.1, 0.15) is 0 Å². The lowest BCUT2D eigenvalue weighted by Crippen LogP contribution is -2.29. The second kappa shape index (κ2) is 7.72. The number of hydrogen-bond donors (Lipinski definition) is 0. The van der Waals surface area contributed by atoms with E-state index in [4.69, 9.17) is 4.74 Å². The van der Waals surface area contributed by atoms with Gasteiger partial charge in [0.25, 0.3) is 0 Å². The molecular weight excluding hydrogens is 362 g/mol. The summed E-state index contributed by atoms with van der Waals surface area (Å²) in [5.41, 5.74) is 1.90. The minimum Gasteiger partial charge on any atom is -0.465 e. The summed E-state index contributed by atoms with van der Waals surface area (Å²) in [7, 11) is 1.43. The molecule has 0 aliphatic carbocycles. The highest BCUT2D eigenvalue weighted by Crippen LogP contribution is 2.47. The first-order valence-electron chi connectivity index (χ1n) is 8.89. The molecule has 1 fully saturated rings. The van der Waals surface area contributed by atoms with Crippen molar-refractivity contribution < 1.29 is 9.53 Å². The van der Waals surface area contributed by atoms with Crippen molar-refractivity contribution >= 4 is 44.8 Å². The fourth-order valence-corrected chi connectivity index (χ4v) is 5.89. The third-order valence-electron chi connectivity index (χ3n) is 4.68. The highest BCUT2D eigenvalue weighted by molar-refractivity contribution is 8.01. The van der Waals surface area contributed by atoms with Gasteiger partial charge in [-0.15, -0.1) is 11.3 Å². The largest absolute Gasteiger partial charge is 0.465 e. The molecule has 1 aliphatic heterocycles. The van der Waals surface area contributed by atoms with E-state index in [9.17, 15) is 4.79 Å². The summed E-state index contributed by atoms with van der Waals surface area (Å²) in [5.74, 6) is -0.278. The van der Waals surface area contributed by atoms with Crippen LogP contribution in [0.1, 0.15) is 29.6 Å². The molecule has 0 spiro atoms. The van der Waals surface area contributed by atoms with Gasteiger partial charge in [0.05, 0.1) is 22.6 Å². The van der Waals surface area contributed by atoms with Gasteiger partial charge in [-0.1, -0.05) is 30.0 Å². The number of nitrogens with zero attached hydrogens (tertiary/aromatic N) is 1. The van der Waals surface area contributed by atoms with E-state index in [1.807, 2.05) is 41.3 Å². The number of esters is 1. The fraction of sp³-hybridized carbons (Fsp3) is 0.286. The third kappa shape index (κ3) is 3.46. The van der Waals surface area contributed by atoms with Gasteiger partial charge in [-0.25, -0.2) is 4.79 Å². The Morgan fingerprint density at radius 1 is 1.08 bits per heavy atom. The summed E-state index contributed by atoms with van der Waals surface area (Å²) in [6.45, 7) is 2.16. The van der Waals surface area contributed by atoms with E-state index in [1.165, 1.54) is 51.3 Å². The van der Waals surface area contributed by atoms with Gasteiger partial charge in [-0.2, -0.15) is 0 Å². The van der Waals surface area contributed by atoms with E-state index in [0.717, 1.165) is 13.1 Å². The van der Waals surface area contributed by atoms with Gasteiger partial charge < -0.3 is 9.64 Å². The Morgan fingerprint density at radius 3 is 2.58 bits per heavy atom. The predicted octanol–water partition coefficient (Wildman–Crippen LogP) is 5.83. The van der Waals surface area contributed by atoms with Crippen LogP contribution < -0.4 is 4.90 Å². The highest BCUT2D eigenvalue weighted by atomic mass is 32.2. The summed E-state index contributed by atoms with van der Waals surface area (Å²) in [6.07, 6.45) is 3.75. The first-order valence-corrected chi connectivity index (χ1v) is 10.5. The smallest absolute Gasteiger partial charge is 0.337 e. The van der Waals surface area contributed by atoms with Gasteiger partial charge in [-0.05, 0) is 49.6 Å². The van der Waals surface area contributed by atoms with Crippen LogP contribution in [-0.2, 0) is 4.74 Å². The molecule has 1 aliphatic rings. The number of hydrogen-bond acceptors (Lipinski definition) is 5. The topological polar surface area (TPSA) is 29.5 Å². The van der Waals surface area contributed by atoms with Crippen molar-refractivity contribution in [2.45, 2.75) is 28.4 Å². The van der Waals surface area contributed by atoms with Crippen molar-refractivity contribution in [3.05, 3.63) is 54.1 Å². The molecule has 2 heterocycles. The Hall–Kier alpha value is -1.98. The number of methoxy groups -OCH3 is 1. The summed E-state index contributed by atoms with van der Waals surface area (Å²) >= 11 is 3.62. The molecule has 0 atom stereocenters. The maximum atomic E-state index is 12.0. The van der Waals surface area contributed by atoms with Crippen LogP contribution in [0.25, 0.3) is 10.1 Å². The Kier molecular flexibility index (Phi) is 5.18. The molecule has 3 nitrogen and oxygen atoms in total. The van der Waals surface area contributed by atoms with Gasteiger partial charge >= 0.3 is 5.97 Å². The van der Waals surface area contributed by atoms with Crippen LogP contribution in [-0.4, -0.2) is 26.2 Å². The number of carbonyl (C=O) groups excluding carboxylic acids is 1. The highest BCUT2D eigenvalue weighted by Gasteiger charge is 2.22. The molecular formula is C21H21NO2S2. The zero-order chi connectivity index (χ0) is 17.9. The average Bonchev–Trinajstić information content (AvgIpc) is 3.05. The Balaban J connectivity index is 1.82. The molecule has 0 bridgehead atoms. The van der Waals surface area contributed by atoms with Gasteiger partial charge in [-0.3, -0.25) is 0 Å². The lowest BCUT2D eigenvalue weighted by Gasteiger charge is -2.29. The summed E-state index contributed by atoms with van der Waals surface area (Å²) < 4.78 is 7.44. The molecule has 26 heavy (non-hydrogen) atoms. The number of thiophene rings is 1. The minimum absolute atomic E-state index is 0.278. The maximum Gasteiger partial charge on any atom is 0.337 e. The van der Waals surface area contributed by atoms with Crippen LogP contribution >= 0.6 is 23.1 Å². The van der Waals surface area contributed by atoms with Crippen LogP contribution in [0.4, 0.5) is 5.69 Å². The number of rotatable bonds is 4. The second-order valence-corrected chi connectivity index (χ2v) is 8.80. The van der Waals surface area contributed by atoms with Crippen LogP contribution in [0.2, 0.25) is 0 Å². The van der Waals surface area contributed by atoms with E-state index in [1.54, 1.807) is 0 Å². The zero-order valence-corrected chi connectivity index (χ0v) is 16.4. The van der Waals surface area contributed by atoms with Gasteiger partial charge in [0, 0.05) is 28.1 Å². The van der Waals surface area contributed by atoms with Crippen molar-refractivity contribution in [1.82, 2.24) is 0 Å². The predicted molar refractivity (Wildman–Crippen MR) is 110 cm³/mol. The van der Waals surface area contributed by atoms with Crippen molar-refractivity contribution in [2.24, 2.45) is 0 Å². The number of fused-ring (bicyclic) bond motifs is 1. The van der Waals surface area contributed by atoms with Crippen molar-refractivity contribution in [3.8, 4) is 0 Å². The Bertz CT molecular complexity index is 914. The van der Waals surface area contributed by atoms with E-state index < -0.39 is 0 Å². The maximum absolute atomic E-state index is 12.0. The van der Waals surface area contributed by atoms with E-state index in [-0.39, 0.29) is 5.97 Å². The molecule has 1 aromatic heterocycles. The molecule has 0 radical (unpaired) electrons. The Labute approximate surface area is 162 Å². The monoisotopic (exact) mass is 383 g/mol. The molecule has 134 valence electrons. The van der Waals surface area contributed by atoms with Crippen LogP contribution in [0.15, 0.2) is 57.6 Å². The number of piperidine rings is 1. The second-order valence-electron chi connectivity index (χ2n) is 6.40. The van der Waals surface area contributed by atoms with E-state index >= 15 is 0 Å². The van der Waals surface area contributed by atoms with E-state index in [0.29, 0.717) is 5.56 Å². The van der Waals surface area contributed by atoms with Crippen molar-refractivity contribution in [3.63, 3.8) is 0 Å². The molecule has 0 amide bonds. The first-order chi connectivity index (χ1) is 12.8. The minimum atomic E-state index is -0.278.